The third-order valence-corrected chi connectivity index (χ3v) is 5.09. The Bertz CT molecular complexity index is 370. The van der Waals surface area contributed by atoms with Crippen LogP contribution in [0.4, 0.5) is 0 Å². The first-order chi connectivity index (χ1) is 9.84. The molecule has 21 heavy (non-hydrogen) atoms. The number of rotatable bonds is 9. The van der Waals surface area contributed by atoms with Crippen LogP contribution in [0.15, 0.2) is 11.6 Å². The van der Waals surface area contributed by atoms with Crippen LogP contribution in [0.3, 0.4) is 0 Å². The minimum absolute atomic E-state index is 0.173. The Morgan fingerprint density at radius 1 is 1.38 bits per heavy atom. The Kier molecular flexibility index (Phi) is 6.96. The van der Waals surface area contributed by atoms with E-state index >= 15 is 0 Å². The lowest BCUT2D eigenvalue weighted by atomic mass is 9.98. The van der Waals surface area contributed by atoms with Crippen LogP contribution in [0.2, 0.25) is 0 Å². The van der Waals surface area contributed by atoms with E-state index in [4.69, 9.17) is 0 Å². The van der Waals surface area contributed by atoms with Crippen LogP contribution < -0.4 is 0 Å². The predicted molar refractivity (Wildman–Crippen MR) is 91.2 cm³/mol. The molecule has 0 aromatic rings. The van der Waals surface area contributed by atoms with Crippen LogP contribution in [0.25, 0.3) is 0 Å². The fraction of sp³-hybridized carbons (Fsp3) is 0.842. The van der Waals surface area contributed by atoms with Gasteiger partial charge in [0.1, 0.15) is 0 Å². The van der Waals surface area contributed by atoms with Crippen molar-refractivity contribution in [1.29, 1.82) is 0 Å². The standard InChI is InChI=1S/C19H35NO/c1-7-12-20(18(21)16(5)8-2)14-17-13-19(17,6)11-9-10-15(3)4/h10,16-17H,7-9,11-14H2,1-6H3. The minimum atomic E-state index is 0.173. The van der Waals surface area contributed by atoms with Crippen molar-refractivity contribution < 1.29 is 4.79 Å². The molecule has 0 radical (unpaired) electrons. The molecule has 1 fully saturated rings. The summed E-state index contributed by atoms with van der Waals surface area (Å²) in [5.74, 6) is 1.24. The minimum Gasteiger partial charge on any atom is -0.342 e. The molecule has 1 aliphatic rings. The SMILES string of the molecule is CCCN(CC1CC1(C)CCC=C(C)C)C(=O)C(C)CC. The Morgan fingerprint density at radius 2 is 2.05 bits per heavy atom. The Morgan fingerprint density at radius 3 is 2.57 bits per heavy atom. The van der Waals surface area contributed by atoms with Gasteiger partial charge in [-0.3, -0.25) is 4.79 Å². The second kappa shape index (κ2) is 8.00. The molecule has 3 unspecified atom stereocenters. The maximum atomic E-state index is 12.5. The fourth-order valence-corrected chi connectivity index (χ4v) is 3.10. The molecule has 0 heterocycles. The van der Waals surface area contributed by atoms with Gasteiger partial charge in [0, 0.05) is 19.0 Å². The van der Waals surface area contributed by atoms with Crippen molar-refractivity contribution in [1.82, 2.24) is 4.90 Å². The van der Waals surface area contributed by atoms with Crippen LogP contribution in [0.1, 0.15) is 73.6 Å². The average Bonchev–Trinajstić information content (AvgIpc) is 3.06. The molecule has 0 N–H and O–H groups in total. The quantitative estimate of drug-likeness (QED) is 0.545. The molecule has 1 aliphatic carbocycles. The summed E-state index contributed by atoms with van der Waals surface area (Å²) in [6.45, 7) is 15.0. The van der Waals surface area contributed by atoms with Crippen molar-refractivity contribution in [2.45, 2.75) is 73.6 Å². The Hall–Kier alpha value is -0.790. The summed E-state index contributed by atoms with van der Waals surface area (Å²) in [7, 11) is 0. The van der Waals surface area contributed by atoms with E-state index in [0.717, 1.165) is 25.9 Å². The van der Waals surface area contributed by atoms with Crippen LogP contribution in [0.5, 0.6) is 0 Å². The Balaban J connectivity index is 2.50. The topological polar surface area (TPSA) is 20.3 Å². The molecule has 0 aromatic carbocycles. The molecule has 0 aliphatic heterocycles. The largest absolute Gasteiger partial charge is 0.342 e. The van der Waals surface area contributed by atoms with Crippen molar-refractivity contribution in [2.75, 3.05) is 13.1 Å². The third-order valence-electron chi connectivity index (χ3n) is 5.09. The van der Waals surface area contributed by atoms with Gasteiger partial charge in [-0.15, -0.1) is 0 Å². The highest BCUT2D eigenvalue weighted by atomic mass is 16.2. The second-order valence-corrected chi connectivity index (χ2v) is 7.47. The second-order valence-electron chi connectivity index (χ2n) is 7.47. The van der Waals surface area contributed by atoms with E-state index in [1.165, 1.54) is 24.8 Å². The summed E-state index contributed by atoms with van der Waals surface area (Å²) >= 11 is 0. The van der Waals surface area contributed by atoms with Gasteiger partial charge in [-0.25, -0.2) is 0 Å². The van der Waals surface area contributed by atoms with Gasteiger partial charge >= 0.3 is 0 Å². The summed E-state index contributed by atoms with van der Waals surface area (Å²) in [5.41, 5.74) is 1.88. The first kappa shape index (κ1) is 18.3. The monoisotopic (exact) mass is 293 g/mol. The smallest absolute Gasteiger partial charge is 0.225 e. The highest BCUT2D eigenvalue weighted by molar-refractivity contribution is 5.78. The molecule has 3 atom stereocenters. The molecular weight excluding hydrogens is 258 g/mol. The number of carbonyl (C=O) groups excluding carboxylic acids is 1. The fourth-order valence-electron chi connectivity index (χ4n) is 3.10. The van der Waals surface area contributed by atoms with Crippen molar-refractivity contribution in [3.8, 4) is 0 Å². The van der Waals surface area contributed by atoms with Crippen LogP contribution >= 0.6 is 0 Å². The molecule has 1 saturated carbocycles. The van der Waals surface area contributed by atoms with Gasteiger partial charge in [-0.2, -0.15) is 0 Å². The van der Waals surface area contributed by atoms with Gasteiger partial charge in [0.15, 0.2) is 0 Å². The normalized spacial score (nSPS) is 25.3. The summed E-state index contributed by atoms with van der Waals surface area (Å²) in [5, 5.41) is 0. The first-order valence-corrected chi connectivity index (χ1v) is 8.76. The Labute approximate surface area is 132 Å². The lowest BCUT2D eigenvalue weighted by molar-refractivity contribution is -0.135. The lowest BCUT2D eigenvalue weighted by Crippen LogP contribution is -2.37. The average molecular weight is 293 g/mol. The van der Waals surface area contributed by atoms with Gasteiger partial charge in [-0.1, -0.05) is 39.3 Å². The van der Waals surface area contributed by atoms with Gasteiger partial charge in [0.05, 0.1) is 0 Å². The molecule has 0 aromatic heterocycles. The van der Waals surface area contributed by atoms with E-state index in [0.29, 0.717) is 17.2 Å². The highest BCUT2D eigenvalue weighted by Crippen LogP contribution is 2.55. The van der Waals surface area contributed by atoms with E-state index in [9.17, 15) is 4.79 Å². The molecule has 0 saturated heterocycles. The molecule has 0 bridgehead atoms. The van der Waals surface area contributed by atoms with Gasteiger partial charge in [-0.05, 0) is 57.3 Å². The van der Waals surface area contributed by atoms with Crippen molar-refractivity contribution in [2.24, 2.45) is 17.3 Å². The number of hydrogen-bond acceptors (Lipinski definition) is 1. The molecule has 2 nitrogen and oxygen atoms in total. The summed E-state index contributed by atoms with van der Waals surface area (Å²) in [6.07, 6.45) is 8.08. The van der Waals surface area contributed by atoms with Gasteiger partial charge < -0.3 is 4.90 Å². The predicted octanol–water partition coefficient (Wildman–Crippen LogP) is 5.04. The lowest BCUT2D eigenvalue weighted by Gasteiger charge is -2.26. The van der Waals surface area contributed by atoms with E-state index < -0.39 is 0 Å². The molecule has 1 amide bonds. The van der Waals surface area contributed by atoms with Crippen molar-refractivity contribution in [3.63, 3.8) is 0 Å². The number of hydrogen-bond donors (Lipinski definition) is 0. The first-order valence-electron chi connectivity index (χ1n) is 8.76. The van der Waals surface area contributed by atoms with Gasteiger partial charge in [0.25, 0.3) is 0 Å². The number of carbonyl (C=O) groups is 1. The maximum absolute atomic E-state index is 12.5. The molecule has 1 rings (SSSR count). The zero-order valence-corrected chi connectivity index (χ0v) is 15.0. The highest BCUT2D eigenvalue weighted by Gasteiger charge is 2.49. The molecule has 2 heteroatoms. The van der Waals surface area contributed by atoms with E-state index in [1.54, 1.807) is 0 Å². The van der Waals surface area contributed by atoms with Crippen LogP contribution in [-0.2, 0) is 4.79 Å². The van der Waals surface area contributed by atoms with Crippen LogP contribution in [0, 0.1) is 17.3 Å². The zero-order valence-electron chi connectivity index (χ0n) is 15.0. The molecule has 0 spiro atoms. The maximum Gasteiger partial charge on any atom is 0.225 e. The summed E-state index contributed by atoms with van der Waals surface area (Å²) in [6, 6.07) is 0. The summed E-state index contributed by atoms with van der Waals surface area (Å²) < 4.78 is 0. The van der Waals surface area contributed by atoms with Crippen molar-refractivity contribution in [3.05, 3.63) is 11.6 Å². The third kappa shape index (κ3) is 5.48. The number of allylic oxidation sites excluding steroid dienone is 2. The molecular formula is C19H35NO. The van der Waals surface area contributed by atoms with E-state index in [1.807, 2.05) is 0 Å². The molecule has 122 valence electrons. The van der Waals surface area contributed by atoms with E-state index in [-0.39, 0.29) is 5.92 Å². The zero-order chi connectivity index (χ0) is 16.0. The van der Waals surface area contributed by atoms with Crippen LogP contribution in [-0.4, -0.2) is 23.9 Å². The summed E-state index contributed by atoms with van der Waals surface area (Å²) in [4.78, 5) is 14.6. The van der Waals surface area contributed by atoms with Crippen molar-refractivity contribution >= 4 is 5.91 Å². The van der Waals surface area contributed by atoms with Gasteiger partial charge in [0.2, 0.25) is 5.91 Å². The number of amides is 1. The van der Waals surface area contributed by atoms with E-state index in [2.05, 4.69) is 52.5 Å². The number of nitrogens with zero attached hydrogens (tertiary/aromatic N) is 1.